The maximum atomic E-state index is 9.95. The Kier molecular flexibility index (Phi) is 5.75. The van der Waals surface area contributed by atoms with Gasteiger partial charge in [-0.25, -0.2) is 4.98 Å². The number of aromatic nitrogens is 1. The first-order valence-electron chi connectivity index (χ1n) is 5.43. The van der Waals surface area contributed by atoms with Gasteiger partial charge in [0, 0.05) is 29.9 Å². The zero-order chi connectivity index (χ0) is 12.0. The lowest BCUT2D eigenvalue weighted by molar-refractivity contribution is 0.0846. The fraction of sp³-hybridized carbons (Fsp3) is 0.727. The van der Waals surface area contributed by atoms with Crippen LogP contribution in [0.4, 0.5) is 0 Å². The molecule has 92 valence electrons. The Morgan fingerprint density at radius 2 is 2.38 bits per heavy atom. The highest BCUT2D eigenvalue weighted by atomic mass is 32.2. The van der Waals surface area contributed by atoms with Crippen molar-refractivity contribution in [3.63, 3.8) is 0 Å². The molecule has 1 unspecified atom stereocenters. The minimum atomic E-state index is -0.627. The lowest BCUT2D eigenvalue weighted by Crippen LogP contribution is -2.39. The van der Waals surface area contributed by atoms with E-state index in [0.29, 0.717) is 6.54 Å². The summed E-state index contributed by atoms with van der Waals surface area (Å²) in [5, 5.41) is 14.4. The molecule has 2 N–H and O–H groups in total. The number of aryl methyl sites for hydroxylation is 1. The summed E-state index contributed by atoms with van der Waals surface area (Å²) < 4.78 is 0. The van der Waals surface area contributed by atoms with Crippen molar-refractivity contribution < 1.29 is 5.11 Å². The van der Waals surface area contributed by atoms with E-state index in [-0.39, 0.29) is 0 Å². The third-order valence-electron chi connectivity index (χ3n) is 2.16. The summed E-state index contributed by atoms with van der Waals surface area (Å²) in [6, 6.07) is 0. The first kappa shape index (κ1) is 14.0. The van der Waals surface area contributed by atoms with Crippen LogP contribution < -0.4 is 5.32 Å². The summed E-state index contributed by atoms with van der Waals surface area (Å²) in [6.07, 6.45) is 4.92. The van der Waals surface area contributed by atoms with Gasteiger partial charge in [-0.2, -0.15) is 11.8 Å². The van der Waals surface area contributed by atoms with E-state index in [1.165, 1.54) is 9.88 Å². The van der Waals surface area contributed by atoms with E-state index in [9.17, 15) is 5.11 Å². The molecule has 0 aliphatic heterocycles. The number of nitrogens with one attached hydrogen (secondary N) is 1. The van der Waals surface area contributed by atoms with Crippen molar-refractivity contribution in [2.75, 3.05) is 18.6 Å². The highest BCUT2D eigenvalue weighted by Gasteiger charge is 2.18. The number of thioether (sulfide) groups is 1. The van der Waals surface area contributed by atoms with Gasteiger partial charge in [-0.1, -0.05) is 6.92 Å². The monoisotopic (exact) mass is 260 g/mol. The molecule has 3 nitrogen and oxygen atoms in total. The standard InChI is InChI=1S/C11H20N2OS2/c1-4-10-13-6-9(16-10)5-12-7-11(2,14)8-15-3/h6,12,14H,4-5,7-8H2,1-3H3. The van der Waals surface area contributed by atoms with Gasteiger partial charge in [0.25, 0.3) is 0 Å². The molecule has 1 rings (SSSR count). The van der Waals surface area contributed by atoms with Crippen LogP contribution in [0.1, 0.15) is 23.7 Å². The molecule has 1 aromatic rings. The Hall–Kier alpha value is -0.100. The Bertz CT molecular complexity index is 313. The smallest absolute Gasteiger partial charge is 0.0925 e. The molecule has 0 amide bonds. The van der Waals surface area contributed by atoms with Gasteiger partial charge in [0.1, 0.15) is 0 Å². The Morgan fingerprint density at radius 1 is 1.62 bits per heavy atom. The molecule has 1 heterocycles. The van der Waals surface area contributed by atoms with Crippen LogP contribution in [-0.4, -0.2) is 34.2 Å². The Morgan fingerprint density at radius 3 is 2.94 bits per heavy atom. The van der Waals surface area contributed by atoms with Gasteiger partial charge in [0.15, 0.2) is 0 Å². The Balaban J connectivity index is 2.29. The van der Waals surface area contributed by atoms with Crippen LogP contribution in [0, 0.1) is 0 Å². The van der Waals surface area contributed by atoms with E-state index in [0.717, 1.165) is 18.7 Å². The molecule has 0 saturated carbocycles. The molecule has 0 spiro atoms. The van der Waals surface area contributed by atoms with Crippen molar-refractivity contribution in [2.24, 2.45) is 0 Å². The van der Waals surface area contributed by atoms with Crippen LogP contribution in [0.2, 0.25) is 0 Å². The van der Waals surface area contributed by atoms with Gasteiger partial charge in [0.2, 0.25) is 0 Å². The van der Waals surface area contributed by atoms with Gasteiger partial charge in [0.05, 0.1) is 10.6 Å². The van der Waals surface area contributed by atoms with Gasteiger partial charge in [-0.05, 0) is 19.6 Å². The maximum absolute atomic E-state index is 9.95. The lowest BCUT2D eigenvalue weighted by Gasteiger charge is -2.22. The normalized spacial score (nSPS) is 15.0. The van der Waals surface area contributed by atoms with E-state index in [1.807, 2.05) is 19.4 Å². The highest BCUT2D eigenvalue weighted by molar-refractivity contribution is 7.98. The largest absolute Gasteiger partial charge is 0.388 e. The number of nitrogens with zero attached hydrogens (tertiary/aromatic N) is 1. The summed E-state index contributed by atoms with van der Waals surface area (Å²) in [5.74, 6) is 0.753. The van der Waals surface area contributed by atoms with Crippen molar-refractivity contribution in [2.45, 2.75) is 32.4 Å². The van der Waals surface area contributed by atoms with E-state index in [2.05, 4.69) is 17.2 Å². The third-order valence-corrected chi connectivity index (χ3v) is 4.22. The Labute approximate surface area is 106 Å². The van der Waals surface area contributed by atoms with Crippen molar-refractivity contribution in [1.82, 2.24) is 10.3 Å². The predicted molar refractivity (Wildman–Crippen MR) is 72.2 cm³/mol. The van der Waals surface area contributed by atoms with Gasteiger partial charge < -0.3 is 10.4 Å². The summed E-state index contributed by atoms with van der Waals surface area (Å²) in [6.45, 7) is 5.38. The van der Waals surface area contributed by atoms with E-state index >= 15 is 0 Å². The second kappa shape index (κ2) is 6.59. The number of hydrogen-bond acceptors (Lipinski definition) is 5. The molecule has 0 bridgehead atoms. The van der Waals surface area contributed by atoms with E-state index < -0.39 is 5.60 Å². The minimum absolute atomic E-state index is 0.618. The molecule has 0 fully saturated rings. The molecule has 0 aliphatic rings. The minimum Gasteiger partial charge on any atom is -0.388 e. The molecule has 0 aromatic carbocycles. The van der Waals surface area contributed by atoms with Gasteiger partial charge in [-0.3, -0.25) is 0 Å². The van der Waals surface area contributed by atoms with Crippen LogP contribution in [0.3, 0.4) is 0 Å². The van der Waals surface area contributed by atoms with Crippen molar-refractivity contribution in [1.29, 1.82) is 0 Å². The third kappa shape index (κ3) is 4.82. The molecule has 0 radical (unpaired) electrons. The zero-order valence-electron chi connectivity index (χ0n) is 10.1. The van der Waals surface area contributed by atoms with Crippen molar-refractivity contribution >= 4 is 23.1 Å². The average molecular weight is 260 g/mol. The van der Waals surface area contributed by atoms with Gasteiger partial charge >= 0.3 is 0 Å². The highest BCUT2D eigenvalue weighted by Crippen LogP contribution is 2.14. The lowest BCUT2D eigenvalue weighted by atomic mass is 10.1. The number of aliphatic hydroxyl groups is 1. The zero-order valence-corrected chi connectivity index (χ0v) is 11.7. The van der Waals surface area contributed by atoms with Crippen LogP contribution in [0.25, 0.3) is 0 Å². The van der Waals surface area contributed by atoms with Crippen molar-refractivity contribution in [3.8, 4) is 0 Å². The SMILES string of the molecule is CCc1ncc(CNCC(C)(O)CSC)s1. The summed E-state index contributed by atoms with van der Waals surface area (Å²) in [5.41, 5.74) is -0.627. The summed E-state index contributed by atoms with van der Waals surface area (Å²) >= 11 is 3.40. The van der Waals surface area contributed by atoms with Crippen LogP contribution >= 0.6 is 23.1 Å². The fourth-order valence-electron chi connectivity index (χ4n) is 1.41. The summed E-state index contributed by atoms with van der Waals surface area (Å²) in [7, 11) is 0. The second-order valence-corrected chi connectivity index (χ2v) is 6.17. The van der Waals surface area contributed by atoms with Crippen LogP contribution in [0.15, 0.2) is 6.20 Å². The van der Waals surface area contributed by atoms with Crippen LogP contribution in [0.5, 0.6) is 0 Å². The molecule has 1 aromatic heterocycles. The molecule has 1 atom stereocenters. The molecule has 16 heavy (non-hydrogen) atoms. The average Bonchev–Trinajstić information content (AvgIpc) is 2.65. The summed E-state index contributed by atoms with van der Waals surface area (Å²) in [4.78, 5) is 5.53. The number of hydrogen-bond donors (Lipinski definition) is 2. The number of rotatable bonds is 7. The quantitative estimate of drug-likeness (QED) is 0.786. The maximum Gasteiger partial charge on any atom is 0.0925 e. The fourth-order valence-corrected chi connectivity index (χ4v) is 2.97. The van der Waals surface area contributed by atoms with E-state index in [1.54, 1.807) is 23.1 Å². The second-order valence-electron chi connectivity index (χ2n) is 4.11. The number of thiazole rings is 1. The van der Waals surface area contributed by atoms with E-state index in [4.69, 9.17) is 0 Å². The molecule has 5 heteroatoms. The molecular formula is C11H20N2OS2. The van der Waals surface area contributed by atoms with Gasteiger partial charge in [-0.15, -0.1) is 11.3 Å². The molecule has 0 aliphatic carbocycles. The molecule has 0 saturated heterocycles. The topological polar surface area (TPSA) is 45.2 Å². The first-order chi connectivity index (χ1) is 7.57. The predicted octanol–water partition coefficient (Wildman–Crippen LogP) is 1.91. The van der Waals surface area contributed by atoms with Crippen molar-refractivity contribution in [3.05, 3.63) is 16.1 Å². The first-order valence-corrected chi connectivity index (χ1v) is 7.64. The molecular weight excluding hydrogens is 240 g/mol. The van der Waals surface area contributed by atoms with Crippen LogP contribution in [-0.2, 0) is 13.0 Å².